The van der Waals surface area contributed by atoms with Gasteiger partial charge < -0.3 is 29.2 Å². The van der Waals surface area contributed by atoms with Gasteiger partial charge in [-0.05, 0) is 42.0 Å². The van der Waals surface area contributed by atoms with Crippen LogP contribution in [-0.2, 0) is 17.9 Å². The lowest BCUT2D eigenvalue weighted by Crippen LogP contribution is -2.25. The van der Waals surface area contributed by atoms with Gasteiger partial charge in [0.2, 0.25) is 0 Å². The molecule has 0 saturated carbocycles. The highest BCUT2D eigenvalue weighted by Gasteiger charge is 2.12. The SMILES string of the molecule is COc1ccc(CNC(=O)c2cccn2C/C=C/c2cccc(OCC(=O)O)c2)c(OC)c1. The standard InChI is InChI=1S/C25H26N2O6/c1-31-20-11-10-19(23(15-20)32-2)16-26-25(30)22-9-5-13-27(22)12-4-7-18-6-3-8-21(14-18)33-17-24(28)29/h3-11,13-15H,12,16-17H2,1-2H3,(H,26,30)(H,28,29)/b7-4+. The number of carbonyl (C=O) groups is 2. The van der Waals surface area contributed by atoms with E-state index >= 15 is 0 Å². The second kappa shape index (κ2) is 11.4. The Morgan fingerprint density at radius 1 is 1.03 bits per heavy atom. The number of aromatic nitrogens is 1. The van der Waals surface area contributed by atoms with Crippen molar-refractivity contribution in [1.82, 2.24) is 9.88 Å². The van der Waals surface area contributed by atoms with Gasteiger partial charge in [-0.1, -0.05) is 24.3 Å². The molecule has 3 rings (SSSR count). The number of ether oxygens (including phenoxy) is 3. The van der Waals surface area contributed by atoms with E-state index < -0.39 is 12.6 Å². The van der Waals surface area contributed by atoms with Gasteiger partial charge in [0, 0.05) is 30.9 Å². The fourth-order valence-corrected chi connectivity index (χ4v) is 3.20. The van der Waals surface area contributed by atoms with Crippen molar-refractivity contribution in [3.8, 4) is 17.2 Å². The van der Waals surface area contributed by atoms with Crippen LogP contribution in [0.15, 0.2) is 66.9 Å². The van der Waals surface area contributed by atoms with Gasteiger partial charge in [-0.25, -0.2) is 4.79 Å². The van der Waals surface area contributed by atoms with E-state index in [1.807, 2.05) is 47.2 Å². The molecule has 0 fully saturated rings. The van der Waals surface area contributed by atoms with Crippen molar-refractivity contribution < 1.29 is 28.9 Å². The van der Waals surface area contributed by atoms with Crippen molar-refractivity contribution in [2.24, 2.45) is 0 Å². The van der Waals surface area contributed by atoms with Gasteiger partial charge in [0.25, 0.3) is 5.91 Å². The highest BCUT2D eigenvalue weighted by atomic mass is 16.5. The number of nitrogens with zero attached hydrogens (tertiary/aromatic N) is 1. The van der Waals surface area contributed by atoms with Gasteiger partial charge in [-0.2, -0.15) is 0 Å². The maximum absolute atomic E-state index is 12.7. The van der Waals surface area contributed by atoms with Crippen molar-refractivity contribution in [3.05, 3.63) is 83.7 Å². The number of benzene rings is 2. The molecule has 2 aromatic carbocycles. The summed E-state index contributed by atoms with van der Waals surface area (Å²) in [6.07, 6.45) is 5.64. The minimum atomic E-state index is -1.03. The number of methoxy groups -OCH3 is 2. The van der Waals surface area contributed by atoms with Crippen molar-refractivity contribution in [3.63, 3.8) is 0 Å². The molecule has 1 heterocycles. The molecule has 0 unspecified atom stereocenters. The zero-order chi connectivity index (χ0) is 23.6. The first kappa shape index (κ1) is 23.5. The second-order valence-electron chi connectivity index (χ2n) is 7.06. The highest BCUT2D eigenvalue weighted by molar-refractivity contribution is 5.92. The number of amides is 1. The van der Waals surface area contributed by atoms with Crippen LogP contribution in [-0.4, -0.2) is 42.4 Å². The Bertz CT molecular complexity index is 1140. The molecular formula is C25H26N2O6. The number of carbonyl (C=O) groups excluding carboxylic acids is 1. The van der Waals surface area contributed by atoms with E-state index in [4.69, 9.17) is 19.3 Å². The molecule has 1 amide bonds. The fourth-order valence-electron chi connectivity index (χ4n) is 3.20. The second-order valence-corrected chi connectivity index (χ2v) is 7.06. The van der Waals surface area contributed by atoms with Crippen LogP contribution in [0.2, 0.25) is 0 Å². The molecule has 0 aliphatic rings. The number of carboxylic acids is 1. The van der Waals surface area contributed by atoms with Crippen molar-refractivity contribution in [2.45, 2.75) is 13.1 Å². The molecule has 8 nitrogen and oxygen atoms in total. The molecule has 0 aliphatic heterocycles. The van der Waals surface area contributed by atoms with Crippen LogP contribution in [0.25, 0.3) is 6.08 Å². The van der Waals surface area contributed by atoms with Crippen LogP contribution in [0.3, 0.4) is 0 Å². The number of hydrogen-bond donors (Lipinski definition) is 2. The largest absolute Gasteiger partial charge is 0.497 e. The van der Waals surface area contributed by atoms with Crippen LogP contribution < -0.4 is 19.5 Å². The summed E-state index contributed by atoms with van der Waals surface area (Å²) >= 11 is 0. The predicted octanol–water partition coefficient (Wildman–Crippen LogP) is 3.61. The zero-order valence-electron chi connectivity index (χ0n) is 18.5. The van der Waals surface area contributed by atoms with Gasteiger partial charge in [0.05, 0.1) is 14.2 Å². The van der Waals surface area contributed by atoms with Crippen LogP contribution in [0.4, 0.5) is 0 Å². The maximum atomic E-state index is 12.7. The average Bonchev–Trinajstić information content (AvgIpc) is 3.30. The maximum Gasteiger partial charge on any atom is 0.341 e. The first-order valence-electron chi connectivity index (χ1n) is 10.3. The predicted molar refractivity (Wildman–Crippen MR) is 124 cm³/mol. The van der Waals surface area contributed by atoms with Crippen molar-refractivity contribution in [1.29, 1.82) is 0 Å². The quantitative estimate of drug-likeness (QED) is 0.463. The van der Waals surface area contributed by atoms with E-state index in [-0.39, 0.29) is 5.91 Å². The van der Waals surface area contributed by atoms with E-state index in [0.717, 1.165) is 11.1 Å². The van der Waals surface area contributed by atoms with E-state index in [9.17, 15) is 9.59 Å². The molecule has 0 atom stereocenters. The third-order valence-electron chi connectivity index (χ3n) is 4.83. The molecular weight excluding hydrogens is 424 g/mol. The molecule has 33 heavy (non-hydrogen) atoms. The summed E-state index contributed by atoms with van der Waals surface area (Å²) in [5.74, 6) is 0.578. The Morgan fingerprint density at radius 3 is 2.64 bits per heavy atom. The van der Waals surface area contributed by atoms with Crippen molar-refractivity contribution in [2.75, 3.05) is 20.8 Å². The molecule has 172 valence electrons. The number of carboxylic acid groups (broad SMARTS) is 1. The molecule has 3 aromatic rings. The third kappa shape index (κ3) is 6.64. The Hall–Kier alpha value is -4.20. The fraction of sp³-hybridized carbons (Fsp3) is 0.200. The summed E-state index contributed by atoms with van der Waals surface area (Å²) in [4.78, 5) is 23.4. The topological polar surface area (TPSA) is 99.0 Å². The minimum Gasteiger partial charge on any atom is -0.497 e. The van der Waals surface area contributed by atoms with Gasteiger partial charge in [-0.15, -0.1) is 0 Å². The molecule has 0 aliphatic carbocycles. The summed E-state index contributed by atoms with van der Waals surface area (Å²) in [5, 5.41) is 11.7. The Morgan fingerprint density at radius 2 is 1.88 bits per heavy atom. The van der Waals surface area contributed by atoms with Crippen LogP contribution in [0, 0.1) is 0 Å². The summed E-state index contributed by atoms with van der Waals surface area (Å²) in [7, 11) is 3.16. The third-order valence-corrected chi connectivity index (χ3v) is 4.83. The van der Waals surface area contributed by atoms with Gasteiger partial charge in [-0.3, -0.25) is 4.79 Å². The lowest BCUT2D eigenvalue weighted by atomic mass is 10.2. The van der Waals surface area contributed by atoms with Gasteiger partial charge in [0.15, 0.2) is 6.61 Å². The Balaban J connectivity index is 1.60. The molecule has 1 aromatic heterocycles. The molecule has 0 radical (unpaired) electrons. The zero-order valence-corrected chi connectivity index (χ0v) is 18.5. The molecule has 0 bridgehead atoms. The molecule has 8 heteroatoms. The number of aliphatic carboxylic acids is 1. The van der Waals surface area contributed by atoms with E-state index in [2.05, 4.69) is 5.32 Å². The lowest BCUT2D eigenvalue weighted by molar-refractivity contribution is -0.139. The monoisotopic (exact) mass is 450 g/mol. The number of rotatable bonds is 11. The van der Waals surface area contributed by atoms with Gasteiger partial charge in [0.1, 0.15) is 22.9 Å². The highest BCUT2D eigenvalue weighted by Crippen LogP contribution is 2.24. The van der Waals surface area contributed by atoms with Crippen LogP contribution in [0.1, 0.15) is 21.6 Å². The van der Waals surface area contributed by atoms with E-state index in [1.54, 1.807) is 44.6 Å². The van der Waals surface area contributed by atoms with Gasteiger partial charge >= 0.3 is 5.97 Å². The normalized spacial score (nSPS) is 10.7. The number of hydrogen-bond acceptors (Lipinski definition) is 5. The molecule has 0 saturated heterocycles. The first-order valence-corrected chi connectivity index (χ1v) is 10.3. The Kier molecular flexibility index (Phi) is 8.13. The number of allylic oxidation sites excluding steroid dienone is 1. The lowest BCUT2D eigenvalue weighted by Gasteiger charge is -2.12. The smallest absolute Gasteiger partial charge is 0.341 e. The summed E-state index contributed by atoms with van der Waals surface area (Å²) in [6.45, 7) is 0.412. The average molecular weight is 450 g/mol. The first-order chi connectivity index (χ1) is 16.0. The molecule has 0 spiro atoms. The van der Waals surface area contributed by atoms with Crippen LogP contribution >= 0.6 is 0 Å². The van der Waals surface area contributed by atoms with Crippen LogP contribution in [0.5, 0.6) is 17.2 Å². The van der Waals surface area contributed by atoms with E-state index in [1.165, 1.54) is 0 Å². The summed E-state index contributed by atoms with van der Waals surface area (Å²) in [6, 6.07) is 16.2. The number of nitrogens with one attached hydrogen (secondary N) is 1. The Labute approximate surface area is 192 Å². The molecule has 2 N–H and O–H groups in total. The summed E-state index contributed by atoms with van der Waals surface area (Å²) in [5.41, 5.74) is 2.24. The van der Waals surface area contributed by atoms with Crippen molar-refractivity contribution >= 4 is 18.0 Å². The summed E-state index contributed by atoms with van der Waals surface area (Å²) < 4.78 is 17.6. The minimum absolute atomic E-state index is 0.199. The van der Waals surface area contributed by atoms with E-state index in [0.29, 0.717) is 36.0 Å².